The Balaban J connectivity index is 1.97. The van der Waals surface area contributed by atoms with Gasteiger partial charge in [-0.3, -0.25) is 14.8 Å². The van der Waals surface area contributed by atoms with E-state index < -0.39 is 29.4 Å². The lowest BCUT2D eigenvalue weighted by Crippen LogP contribution is -2.48. The molecule has 2 aromatic rings. The molecule has 1 fully saturated rings. The van der Waals surface area contributed by atoms with Gasteiger partial charge in [0, 0.05) is 23.7 Å². The minimum absolute atomic E-state index is 0.165. The van der Waals surface area contributed by atoms with Crippen molar-refractivity contribution in [2.24, 2.45) is 0 Å². The molecule has 1 saturated heterocycles. The molecule has 0 spiro atoms. The van der Waals surface area contributed by atoms with Gasteiger partial charge in [0.1, 0.15) is 0 Å². The second kappa shape index (κ2) is 7.97. The van der Waals surface area contributed by atoms with Gasteiger partial charge < -0.3 is 5.32 Å². The minimum Gasteiger partial charge on any atom is -0.350 e. The normalized spacial score (nSPS) is 22.5. The van der Waals surface area contributed by atoms with Crippen LogP contribution in [0.1, 0.15) is 76.7 Å². The molecule has 170 valence electrons. The molecule has 2 heterocycles. The van der Waals surface area contributed by atoms with Gasteiger partial charge in [0.15, 0.2) is 0 Å². The van der Waals surface area contributed by atoms with Crippen molar-refractivity contribution in [3.8, 4) is 0 Å². The van der Waals surface area contributed by atoms with Crippen molar-refractivity contribution in [1.82, 2.24) is 20.4 Å². The zero-order valence-electron chi connectivity index (χ0n) is 18.8. The SMILES string of the molecule is CC(C)(C)NC(=O)[C@@H]1CC(c2ccn(C(C)(C)C)n2)[C@H](c2cccc(C(F)(F)F)c2)N1. The smallest absolute Gasteiger partial charge is 0.350 e. The number of carbonyl (C=O) groups excluding carboxylic acids is 1. The Morgan fingerprint density at radius 1 is 1.13 bits per heavy atom. The van der Waals surface area contributed by atoms with E-state index in [1.54, 1.807) is 6.07 Å². The Labute approximate surface area is 181 Å². The molecular weight excluding hydrogens is 405 g/mol. The number of nitrogens with one attached hydrogen (secondary N) is 2. The summed E-state index contributed by atoms with van der Waals surface area (Å²) in [5, 5.41) is 10.9. The van der Waals surface area contributed by atoms with Gasteiger partial charge in [-0.05, 0) is 71.7 Å². The number of hydrogen-bond acceptors (Lipinski definition) is 3. The second-order valence-electron chi connectivity index (χ2n) is 10.3. The van der Waals surface area contributed by atoms with Gasteiger partial charge in [-0.15, -0.1) is 0 Å². The zero-order valence-corrected chi connectivity index (χ0v) is 18.8. The first-order chi connectivity index (χ1) is 14.1. The molecule has 3 rings (SSSR count). The van der Waals surface area contributed by atoms with Crippen LogP contribution < -0.4 is 10.6 Å². The summed E-state index contributed by atoms with van der Waals surface area (Å²) in [7, 11) is 0. The second-order valence-corrected chi connectivity index (χ2v) is 10.3. The van der Waals surface area contributed by atoms with Crippen molar-refractivity contribution in [2.45, 2.75) is 83.2 Å². The third-order valence-corrected chi connectivity index (χ3v) is 5.34. The Bertz CT molecular complexity index is 937. The molecule has 2 N–H and O–H groups in total. The van der Waals surface area contributed by atoms with E-state index in [0.717, 1.165) is 17.8 Å². The maximum absolute atomic E-state index is 13.3. The van der Waals surface area contributed by atoms with E-state index in [1.807, 2.05) is 58.5 Å². The number of amides is 1. The quantitative estimate of drug-likeness (QED) is 0.730. The standard InChI is InChI=1S/C23H31F3N4O/c1-21(2,3)28-20(31)18-13-16(17-10-11-30(29-17)22(4,5)6)19(27-18)14-8-7-9-15(12-14)23(24,25)26/h7-12,16,18-19,27H,13H2,1-6H3,(H,28,31)/t16?,18-,19-/m0/s1. The van der Waals surface area contributed by atoms with Crippen LogP contribution in [0, 0.1) is 0 Å². The Morgan fingerprint density at radius 2 is 1.81 bits per heavy atom. The fraction of sp³-hybridized carbons (Fsp3) is 0.565. The van der Waals surface area contributed by atoms with Crippen molar-refractivity contribution in [1.29, 1.82) is 0 Å². The van der Waals surface area contributed by atoms with Crippen molar-refractivity contribution in [2.75, 3.05) is 0 Å². The van der Waals surface area contributed by atoms with Crippen LogP contribution in [0.3, 0.4) is 0 Å². The number of aromatic nitrogens is 2. The summed E-state index contributed by atoms with van der Waals surface area (Å²) in [5.41, 5.74) is -0.0736. The molecular formula is C23H31F3N4O. The van der Waals surface area contributed by atoms with Gasteiger partial charge in [0.25, 0.3) is 0 Å². The lowest BCUT2D eigenvalue weighted by atomic mass is 9.90. The first kappa shape index (κ1) is 23.3. The monoisotopic (exact) mass is 436 g/mol. The van der Waals surface area contributed by atoms with Crippen LogP contribution in [0.15, 0.2) is 36.5 Å². The summed E-state index contributed by atoms with van der Waals surface area (Å²) in [6.07, 6.45) is -2.11. The fourth-order valence-electron chi connectivity index (χ4n) is 3.87. The van der Waals surface area contributed by atoms with E-state index in [-0.39, 0.29) is 17.4 Å². The average Bonchev–Trinajstić information content (AvgIpc) is 3.26. The molecule has 1 aliphatic heterocycles. The highest BCUT2D eigenvalue weighted by molar-refractivity contribution is 5.83. The molecule has 8 heteroatoms. The van der Waals surface area contributed by atoms with Crippen molar-refractivity contribution in [3.63, 3.8) is 0 Å². The highest BCUT2D eigenvalue weighted by Crippen LogP contribution is 2.41. The molecule has 1 unspecified atom stereocenters. The van der Waals surface area contributed by atoms with E-state index in [4.69, 9.17) is 5.10 Å². The van der Waals surface area contributed by atoms with Crippen molar-refractivity contribution < 1.29 is 18.0 Å². The molecule has 5 nitrogen and oxygen atoms in total. The van der Waals surface area contributed by atoms with E-state index in [1.165, 1.54) is 6.07 Å². The fourth-order valence-corrected chi connectivity index (χ4v) is 3.87. The molecule has 1 aromatic heterocycles. The van der Waals surface area contributed by atoms with Crippen LogP contribution in [-0.2, 0) is 16.5 Å². The van der Waals surface area contributed by atoms with Gasteiger partial charge in [0.05, 0.1) is 22.8 Å². The molecule has 0 aliphatic carbocycles. The molecule has 0 saturated carbocycles. The highest BCUT2D eigenvalue weighted by Gasteiger charge is 2.41. The van der Waals surface area contributed by atoms with Gasteiger partial charge in [0.2, 0.25) is 5.91 Å². The number of benzene rings is 1. The summed E-state index contributed by atoms with van der Waals surface area (Å²) in [4.78, 5) is 12.8. The van der Waals surface area contributed by atoms with Gasteiger partial charge >= 0.3 is 6.18 Å². The predicted molar refractivity (Wildman–Crippen MR) is 114 cm³/mol. The van der Waals surface area contributed by atoms with E-state index in [0.29, 0.717) is 12.0 Å². The maximum atomic E-state index is 13.3. The summed E-state index contributed by atoms with van der Waals surface area (Å²) < 4.78 is 41.7. The number of hydrogen-bond donors (Lipinski definition) is 2. The average molecular weight is 437 g/mol. The Morgan fingerprint density at radius 3 is 2.35 bits per heavy atom. The Kier molecular flexibility index (Phi) is 5.99. The first-order valence-electron chi connectivity index (χ1n) is 10.5. The molecule has 1 aromatic carbocycles. The molecule has 3 atom stereocenters. The summed E-state index contributed by atoms with van der Waals surface area (Å²) in [6, 6.07) is 6.21. The molecule has 1 aliphatic rings. The lowest BCUT2D eigenvalue weighted by molar-refractivity contribution is -0.137. The number of alkyl halides is 3. The third kappa shape index (κ3) is 5.47. The molecule has 0 radical (unpaired) electrons. The maximum Gasteiger partial charge on any atom is 0.416 e. The third-order valence-electron chi connectivity index (χ3n) is 5.34. The lowest BCUT2D eigenvalue weighted by Gasteiger charge is -2.23. The molecule has 31 heavy (non-hydrogen) atoms. The van der Waals surface area contributed by atoms with Crippen molar-refractivity contribution in [3.05, 3.63) is 53.3 Å². The van der Waals surface area contributed by atoms with Crippen LogP contribution >= 0.6 is 0 Å². The van der Waals surface area contributed by atoms with E-state index in [9.17, 15) is 18.0 Å². The van der Waals surface area contributed by atoms with Crippen LogP contribution in [0.4, 0.5) is 13.2 Å². The molecule has 0 bridgehead atoms. The molecule has 1 amide bonds. The predicted octanol–water partition coefficient (Wildman–Crippen LogP) is 4.76. The van der Waals surface area contributed by atoms with Gasteiger partial charge in [-0.2, -0.15) is 18.3 Å². The highest BCUT2D eigenvalue weighted by atomic mass is 19.4. The minimum atomic E-state index is -4.43. The zero-order chi connectivity index (χ0) is 23.2. The van der Waals surface area contributed by atoms with Crippen LogP contribution in [0.25, 0.3) is 0 Å². The van der Waals surface area contributed by atoms with Gasteiger partial charge in [-0.25, -0.2) is 0 Å². The van der Waals surface area contributed by atoms with E-state index >= 15 is 0 Å². The summed E-state index contributed by atoms with van der Waals surface area (Å²) in [6.45, 7) is 11.8. The number of carbonyl (C=O) groups is 1. The Hall–Kier alpha value is -2.35. The largest absolute Gasteiger partial charge is 0.416 e. The van der Waals surface area contributed by atoms with E-state index in [2.05, 4.69) is 10.6 Å². The van der Waals surface area contributed by atoms with Gasteiger partial charge in [-0.1, -0.05) is 12.1 Å². The first-order valence-corrected chi connectivity index (χ1v) is 10.5. The number of nitrogens with zero attached hydrogens (tertiary/aromatic N) is 2. The van der Waals surface area contributed by atoms with Crippen LogP contribution in [-0.4, -0.2) is 27.3 Å². The van der Waals surface area contributed by atoms with Crippen molar-refractivity contribution >= 4 is 5.91 Å². The summed E-state index contributed by atoms with van der Waals surface area (Å²) in [5.74, 6) is -0.398. The van der Waals surface area contributed by atoms with Crippen LogP contribution in [0.2, 0.25) is 0 Å². The number of rotatable bonds is 3. The summed E-state index contributed by atoms with van der Waals surface area (Å²) >= 11 is 0. The topological polar surface area (TPSA) is 59.0 Å². The van der Waals surface area contributed by atoms with Crippen LogP contribution in [0.5, 0.6) is 0 Å². The number of halogens is 3.